The van der Waals surface area contributed by atoms with Crippen LogP contribution in [0.4, 0.5) is 28.2 Å². The minimum Gasteiger partial charge on any atom is -0.238 e. The average Bonchev–Trinajstić information content (AvgIpc) is 3.10. The Morgan fingerprint density at radius 3 is 2.40 bits per heavy atom. The van der Waals surface area contributed by atoms with E-state index in [1.807, 2.05) is 6.07 Å². The molecule has 0 spiro atoms. The van der Waals surface area contributed by atoms with E-state index in [0.29, 0.717) is 51.3 Å². The quantitative estimate of drug-likeness (QED) is 0.0755. The van der Waals surface area contributed by atoms with Crippen LogP contribution in [0.3, 0.4) is 0 Å². The second-order valence-electron chi connectivity index (χ2n) is 13.0. The van der Waals surface area contributed by atoms with E-state index in [-0.39, 0.29) is 18.5 Å². The number of nitrogens with zero attached hydrogens (tertiary/aromatic N) is 5. The summed E-state index contributed by atoms with van der Waals surface area (Å²) in [5, 5.41) is 16.5. The van der Waals surface area contributed by atoms with E-state index in [2.05, 4.69) is 36.9 Å². The van der Waals surface area contributed by atoms with Crippen molar-refractivity contribution in [1.82, 2.24) is 20.1 Å². The fourth-order valence-corrected chi connectivity index (χ4v) is 5.86. The first-order valence-corrected chi connectivity index (χ1v) is 18.2. The molecule has 3 radical (unpaired) electrons. The summed E-state index contributed by atoms with van der Waals surface area (Å²) in [6, 6.07) is 10.6. The molecule has 2 heterocycles. The molecule has 0 bridgehead atoms. The van der Waals surface area contributed by atoms with E-state index in [1.54, 1.807) is 36.1 Å². The van der Waals surface area contributed by atoms with Crippen molar-refractivity contribution in [2.75, 3.05) is 24.5 Å². The summed E-state index contributed by atoms with van der Waals surface area (Å²) in [7, 11) is 0. The Morgan fingerprint density at radius 1 is 1.02 bits per heavy atom. The van der Waals surface area contributed by atoms with Gasteiger partial charge in [-0.3, -0.25) is 9.69 Å². The number of pyridine rings is 1. The second kappa shape index (κ2) is 18.1. The third-order valence-corrected chi connectivity index (χ3v) is 8.47. The van der Waals surface area contributed by atoms with Gasteiger partial charge in [0.05, 0.1) is 5.56 Å². The molecule has 14 heteroatoms. The van der Waals surface area contributed by atoms with Gasteiger partial charge in [-0.05, 0) is 51.5 Å². The molecule has 2 aromatic carbocycles. The van der Waals surface area contributed by atoms with Crippen LogP contribution in [-0.4, -0.2) is 80.1 Å². The molecule has 1 amide bonds. The summed E-state index contributed by atoms with van der Waals surface area (Å²) in [5.41, 5.74) is -0.871. The number of unbranched alkanes of at least 4 members (excludes halogenated alkanes) is 2. The summed E-state index contributed by atoms with van der Waals surface area (Å²) in [6.45, 7) is 6.01. The molecule has 4 rings (SSSR count). The molecule has 273 valence electrons. The zero-order chi connectivity index (χ0) is 38.8. The molecule has 0 saturated heterocycles. The number of nitriles is 1. The van der Waals surface area contributed by atoms with Crippen molar-refractivity contribution in [3.05, 3.63) is 98.8 Å². The first-order valence-electron chi connectivity index (χ1n) is 16.8. The SMILES string of the molecule is CCN(CCN(C(=O)OC(C)(C)C)C(c1cc(Cc2n[nH]c(=O)c3ccc(C#CCCCC#[C][Sn])cc23)ccc1F)C(F)(F)F)c1ccc(C#N)cn1. The number of aromatic amines is 1. The molecule has 1 atom stereocenters. The van der Waals surface area contributed by atoms with E-state index in [9.17, 15) is 9.59 Å². The number of carbonyl (C=O) groups excluding carboxylic acids is 1. The number of halogens is 4. The van der Waals surface area contributed by atoms with Gasteiger partial charge in [-0.15, -0.1) is 0 Å². The molecular formula is C39H37F4N6O3Sn. The number of ether oxygens (including phenoxy) is 1. The number of benzene rings is 2. The maximum Gasteiger partial charge on any atom is 0.413 e. The van der Waals surface area contributed by atoms with Crippen LogP contribution in [0.15, 0.2) is 59.5 Å². The van der Waals surface area contributed by atoms with Gasteiger partial charge >= 0.3 is 133 Å². The number of likely N-dealkylation sites (N-methyl/N-ethyl adjacent to an activating group) is 1. The van der Waals surface area contributed by atoms with Crippen molar-refractivity contribution in [3.63, 3.8) is 0 Å². The van der Waals surface area contributed by atoms with Gasteiger partial charge in [-0.25, -0.2) is 19.3 Å². The maximum atomic E-state index is 15.6. The smallest absolute Gasteiger partial charge is 0.238 e. The first kappa shape index (κ1) is 40.7. The van der Waals surface area contributed by atoms with Gasteiger partial charge in [-0.1, -0.05) is 12.1 Å². The number of nitrogens with one attached hydrogen (secondary N) is 1. The molecule has 1 N–H and O–H groups in total. The number of aromatic nitrogens is 3. The van der Waals surface area contributed by atoms with Crippen LogP contribution in [0.25, 0.3) is 10.8 Å². The molecule has 4 aromatic rings. The van der Waals surface area contributed by atoms with Gasteiger partial charge in [0, 0.05) is 31.4 Å². The standard InChI is InChI=1S/C39H37F4N6O3.Sn/c1-6-8-9-10-11-12-26-13-16-29-30(21-26)33(46-47-36(29)50)23-27-14-17-32(40)31(22-27)35(39(41,42)43)49(37(51)52-38(3,4)5)20-19-48(7-2)34-18-15-28(24-44)25-45-34;/h13-18,21-22,25,35H,7-10,19-20,23H2,2-5H3,(H,47,50);. The van der Waals surface area contributed by atoms with Gasteiger partial charge in [-0.2, -0.15) is 18.4 Å². The maximum absolute atomic E-state index is 15.6. The normalized spacial score (nSPS) is 11.8. The van der Waals surface area contributed by atoms with E-state index in [1.165, 1.54) is 39.1 Å². The van der Waals surface area contributed by atoms with Gasteiger partial charge in [0.2, 0.25) is 0 Å². The molecule has 0 aliphatic carbocycles. The summed E-state index contributed by atoms with van der Waals surface area (Å²) in [6.07, 6.45) is -2.94. The van der Waals surface area contributed by atoms with Crippen LogP contribution in [-0.2, 0) is 11.2 Å². The fraction of sp³-hybridized carbons (Fsp3) is 0.359. The Bertz CT molecular complexity index is 2150. The van der Waals surface area contributed by atoms with Crippen LogP contribution >= 0.6 is 0 Å². The summed E-state index contributed by atoms with van der Waals surface area (Å²) >= 11 is 1.16. The molecule has 0 aliphatic heterocycles. The summed E-state index contributed by atoms with van der Waals surface area (Å²) in [4.78, 5) is 32.5. The number of H-pyrrole nitrogens is 1. The predicted octanol–water partition coefficient (Wildman–Crippen LogP) is 6.94. The Balaban J connectivity index is 1.72. The molecule has 9 nitrogen and oxygen atoms in total. The van der Waals surface area contributed by atoms with E-state index in [4.69, 9.17) is 10.00 Å². The molecule has 0 fully saturated rings. The third kappa shape index (κ3) is 11.2. The number of anilines is 1. The fourth-order valence-electron chi connectivity index (χ4n) is 5.50. The van der Waals surface area contributed by atoms with Crippen LogP contribution in [0.5, 0.6) is 0 Å². The van der Waals surface area contributed by atoms with Crippen LogP contribution in [0.1, 0.15) is 80.9 Å². The number of amides is 1. The first-order chi connectivity index (χ1) is 25.1. The monoisotopic (exact) mass is 833 g/mol. The largest absolute Gasteiger partial charge is 0.413 e. The van der Waals surface area contributed by atoms with E-state index < -0.39 is 47.4 Å². The van der Waals surface area contributed by atoms with Crippen molar-refractivity contribution >= 4 is 45.2 Å². The van der Waals surface area contributed by atoms with E-state index >= 15 is 17.6 Å². The van der Waals surface area contributed by atoms with Crippen molar-refractivity contribution in [3.8, 4) is 27.8 Å². The van der Waals surface area contributed by atoms with Crippen LogP contribution < -0.4 is 10.5 Å². The van der Waals surface area contributed by atoms with Crippen LogP contribution in [0.2, 0.25) is 0 Å². The molecule has 2 aromatic heterocycles. The molecule has 0 aliphatic rings. The van der Waals surface area contributed by atoms with Crippen LogP contribution in [0, 0.1) is 38.8 Å². The number of carbonyl (C=O) groups is 1. The number of rotatable bonds is 11. The minimum absolute atomic E-state index is 0.0692. The summed E-state index contributed by atoms with van der Waals surface area (Å²) in [5.74, 6) is 8.40. The predicted molar refractivity (Wildman–Crippen MR) is 194 cm³/mol. The topological polar surface area (TPSA) is 115 Å². The number of hydrogen-bond donors (Lipinski definition) is 1. The zero-order valence-corrected chi connectivity index (χ0v) is 32.6. The Hall–Kier alpha value is -5.07. The van der Waals surface area contributed by atoms with Gasteiger partial charge in [0.25, 0.3) is 0 Å². The Labute approximate surface area is 318 Å². The summed E-state index contributed by atoms with van der Waals surface area (Å²) < 4.78 is 69.4. The van der Waals surface area contributed by atoms with Crippen molar-refractivity contribution < 1.29 is 27.1 Å². The number of fused-ring (bicyclic) bond motifs is 1. The Kier molecular flexibility index (Phi) is 13.9. The minimum atomic E-state index is -5.12. The second-order valence-corrected chi connectivity index (χ2v) is 13.7. The third-order valence-electron chi connectivity index (χ3n) is 7.96. The van der Waals surface area contributed by atoms with Crippen molar-refractivity contribution in [2.45, 2.75) is 71.2 Å². The zero-order valence-electron chi connectivity index (χ0n) is 29.7. The van der Waals surface area contributed by atoms with E-state index in [0.717, 1.165) is 47.5 Å². The number of alkyl halides is 3. The number of hydrogen-bond acceptors (Lipinski definition) is 7. The van der Waals surface area contributed by atoms with Gasteiger partial charge in [0.15, 0.2) is 6.04 Å². The molecule has 1 unspecified atom stereocenters. The molecular weight excluding hydrogens is 795 g/mol. The van der Waals surface area contributed by atoms with Gasteiger partial charge in [0.1, 0.15) is 23.3 Å². The van der Waals surface area contributed by atoms with Crippen molar-refractivity contribution in [1.29, 1.82) is 5.26 Å². The van der Waals surface area contributed by atoms with Gasteiger partial charge < -0.3 is 9.64 Å². The average molecular weight is 832 g/mol. The van der Waals surface area contributed by atoms with Crippen molar-refractivity contribution in [2.24, 2.45) is 0 Å². The molecule has 53 heavy (non-hydrogen) atoms. The molecule has 0 saturated carbocycles. The Morgan fingerprint density at radius 2 is 1.75 bits per heavy atom.